The maximum absolute atomic E-state index is 13.3. The third kappa shape index (κ3) is 9.10. The van der Waals surface area contributed by atoms with E-state index in [1.54, 1.807) is 29.2 Å². The number of benzene rings is 2. The zero-order valence-electron chi connectivity index (χ0n) is 19.9. The largest absolute Gasteiger partial charge is 0.508 e. The van der Waals surface area contributed by atoms with Crippen LogP contribution in [-0.4, -0.2) is 45.7 Å². The lowest BCUT2D eigenvalue weighted by Crippen LogP contribution is -2.48. The number of phenolic OH excluding ortho intramolecular Hbond substituents is 1. The molecule has 0 aliphatic carbocycles. The molecular weight excluding hydrogens is 406 g/mol. The van der Waals surface area contributed by atoms with E-state index in [0.29, 0.717) is 13.0 Å². The molecule has 0 aliphatic heterocycles. The fourth-order valence-electron chi connectivity index (χ4n) is 3.22. The molecule has 0 amide bonds. The van der Waals surface area contributed by atoms with Crippen molar-refractivity contribution >= 4 is 11.9 Å². The molecule has 1 unspecified atom stereocenters. The van der Waals surface area contributed by atoms with Gasteiger partial charge in [0.15, 0.2) is 0 Å². The summed E-state index contributed by atoms with van der Waals surface area (Å²) in [5.74, 6) is -0.671. The molecule has 0 saturated carbocycles. The number of hydrogen-bond donors (Lipinski definition) is 1. The first-order valence-corrected chi connectivity index (χ1v) is 10.8. The van der Waals surface area contributed by atoms with Gasteiger partial charge in [-0.3, -0.25) is 14.5 Å². The lowest BCUT2D eigenvalue weighted by molar-refractivity contribution is -0.165. The van der Waals surface area contributed by atoms with Crippen molar-refractivity contribution in [2.75, 3.05) is 6.54 Å². The summed E-state index contributed by atoms with van der Waals surface area (Å²) in [6, 6.07) is 15.6. The van der Waals surface area contributed by atoms with Crippen molar-refractivity contribution < 1.29 is 24.2 Å². The van der Waals surface area contributed by atoms with E-state index in [1.807, 2.05) is 71.9 Å². The summed E-state index contributed by atoms with van der Waals surface area (Å²) >= 11 is 0. The fraction of sp³-hybridized carbons (Fsp3) is 0.462. The molecule has 1 atom stereocenters. The molecule has 6 nitrogen and oxygen atoms in total. The summed E-state index contributed by atoms with van der Waals surface area (Å²) in [6.07, 6.45) is 0.324. The molecule has 6 heteroatoms. The van der Waals surface area contributed by atoms with Gasteiger partial charge < -0.3 is 14.6 Å². The number of esters is 2. The van der Waals surface area contributed by atoms with Crippen molar-refractivity contribution in [1.29, 1.82) is 0 Å². The highest BCUT2D eigenvalue weighted by Crippen LogP contribution is 2.20. The van der Waals surface area contributed by atoms with Gasteiger partial charge in [0.05, 0.1) is 6.54 Å². The molecule has 174 valence electrons. The monoisotopic (exact) mass is 441 g/mol. The second-order valence-electron chi connectivity index (χ2n) is 9.90. The predicted octanol–water partition coefficient (Wildman–Crippen LogP) is 4.49. The normalized spacial score (nSPS) is 13.0. The third-order valence-corrected chi connectivity index (χ3v) is 4.47. The van der Waals surface area contributed by atoms with Crippen LogP contribution in [0.25, 0.3) is 0 Å². The van der Waals surface area contributed by atoms with E-state index < -0.39 is 29.2 Å². The third-order valence-electron chi connectivity index (χ3n) is 4.47. The Hall–Kier alpha value is -2.86. The molecule has 32 heavy (non-hydrogen) atoms. The summed E-state index contributed by atoms with van der Waals surface area (Å²) in [6.45, 7) is 11.2. The molecule has 0 bridgehead atoms. The Kier molecular flexibility index (Phi) is 8.44. The fourth-order valence-corrected chi connectivity index (χ4v) is 3.22. The van der Waals surface area contributed by atoms with Gasteiger partial charge in [0.1, 0.15) is 23.0 Å². The molecule has 0 spiro atoms. The highest BCUT2D eigenvalue weighted by atomic mass is 16.6. The zero-order valence-corrected chi connectivity index (χ0v) is 19.9. The van der Waals surface area contributed by atoms with Crippen LogP contribution in [0, 0.1) is 0 Å². The number of aromatic hydroxyl groups is 1. The number of carbonyl (C=O) groups is 2. The molecule has 0 aromatic heterocycles. The van der Waals surface area contributed by atoms with Crippen LogP contribution in [0.4, 0.5) is 0 Å². The molecule has 0 saturated heterocycles. The molecule has 0 heterocycles. The Labute approximate surface area is 191 Å². The van der Waals surface area contributed by atoms with Crippen LogP contribution in [0.3, 0.4) is 0 Å². The quantitative estimate of drug-likeness (QED) is 0.609. The number of hydrogen-bond acceptors (Lipinski definition) is 6. The first-order chi connectivity index (χ1) is 14.8. The van der Waals surface area contributed by atoms with Crippen LogP contribution in [0.15, 0.2) is 54.6 Å². The molecular formula is C26H35NO5. The Morgan fingerprint density at radius 2 is 1.41 bits per heavy atom. The van der Waals surface area contributed by atoms with E-state index in [4.69, 9.17) is 9.47 Å². The van der Waals surface area contributed by atoms with Crippen LogP contribution < -0.4 is 0 Å². The van der Waals surface area contributed by atoms with Crippen molar-refractivity contribution in [3.8, 4) is 5.75 Å². The van der Waals surface area contributed by atoms with Crippen LogP contribution in [0.2, 0.25) is 0 Å². The zero-order chi connectivity index (χ0) is 23.9. The first kappa shape index (κ1) is 25.4. The van der Waals surface area contributed by atoms with Crippen molar-refractivity contribution in [2.24, 2.45) is 0 Å². The molecule has 2 aromatic rings. The van der Waals surface area contributed by atoms with E-state index in [0.717, 1.165) is 11.1 Å². The van der Waals surface area contributed by atoms with Gasteiger partial charge >= 0.3 is 11.9 Å². The van der Waals surface area contributed by atoms with Crippen molar-refractivity contribution in [3.63, 3.8) is 0 Å². The van der Waals surface area contributed by atoms with E-state index >= 15 is 0 Å². The molecule has 2 rings (SSSR count). The summed E-state index contributed by atoms with van der Waals surface area (Å²) in [5, 5.41) is 9.62. The number of nitrogens with zero attached hydrogens (tertiary/aromatic N) is 1. The van der Waals surface area contributed by atoms with Gasteiger partial charge in [0.2, 0.25) is 0 Å². The minimum atomic E-state index is -0.716. The molecule has 0 radical (unpaired) electrons. The minimum Gasteiger partial charge on any atom is -0.508 e. The lowest BCUT2D eigenvalue weighted by Gasteiger charge is -2.33. The lowest BCUT2D eigenvalue weighted by atomic mass is 10.0. The Balaban J connectivity index is 2.38. The van der Waals surface area contributed by atoms with Crippen LogP contribution in [0.1, 0.15) is 52.7 Å². The molecule has 0 aliphatic rings. The standard InChI is InChI=1S/C26H35NO5/c1-25(2,3)31-23(29)18-27(17-20-10-8-7-9-11-20)22(24(30)32-26(4,5)6)16-19-12-14-21(28)15-13-19/h7-15,22,28H,16-18H2,1-6H3. The number of phenols is 1. The Bertz CT molecular complexity index is 879. The van der Waals surface area contributed by atoms with Gasteiger partial charge in [-0.25, -0.2) is 0 Å². The average Bonchev–Trinajstić information content (AvgIpc) is 2.65. The second-order valence-corrected chi connectivity index (χ2v) is 9.90. The Morgan fingerprint density at radius 3 is 1.94 bits per heavy atom. The van der Waals surface area contributed by atoms with E-state index in [9.17, 15) is 14.7 Å². The van der Waals surface area contributed by atoms with Gasteiger partial charge in [-0.15, -0.1) is 0 Å². The number of rotatable bonds is 8. The van der Waals surface area contributed by atoms with Gasteiger partial charge in [0, 0.05) is 6.54 Å². The van der Waals surface area contributed by atoms with E-state index in [1.165, 1.54) is 0 Å². The second kappa shape index (κ2) is 10.6. The SMILES string of the molecule is CC(C)(C)OC(=O)CN(Cc1ccccc1)C(Cc1ccc(O)cc1)C(=O)OC(C)(C)C. The van der Waals surface area contributed by atoms with Crippen molar-refractivity contribution in [3.05, 3.63) is 65.7 Å². The molecule has 1 N–H and O–H groups in total. The first-order valence-electron chi connectivity index (χ1n) is 10.8. The van der Waals surface area contributed by atoms with Crippen LogP contribution in [0.5, 0.6) is 5.75 Å². The van der Waals surface area contributed by atoms with Gasteiger partial charge in [0.25, 0.3) is 0 Å². The van der Waals surface area contributed by atoms with Crippen LogP contribution >= 0.6 is 0 Å². The summed E-state index contributed by atoms with van der Waals surface area (Å²) in [7, 11) is 0. The number of ether oxygens (including phenoxy) is 2. The molecule has 2 aromatic carbocycles. The average molecular weight is 442 g/mol. The van der Waals surface area contributed by atoms with Gasteiger partial charge in [-0.2, -0.15) is 0 Å². The maximum atomic E-state index is 13.3. The summed E-state index contributed by atoms with van der Waals surface area (Å²) in [4.78, 5) is 27.8. The van der Waals surface area contributed by atoms with Gasteiger partial charge in [-0.05, 0) is 71.2 Å². The number of carbonyl (C=O) groups excluding carboxylic acids is 2. The molecule has 0 fully saturated rings. The summed E-state index contributed by atoms with van der Waals surface area (Å²) in [5.41, 5.74) is 0.513. The highest BCUT2D eigenvalue weighted by molar-refractivity contribution is 5.78. The minimum absolute atomic E-state index is 0.0614. The highest BCUT2D eigenvalue weighted by Gasteiger charge is 2.33. The smallest absolute Gasteiger partial charge is 0.324 e. The topological polar surface area (TPSA) is 76.1 Å². The van der Waals surface area contributed by atoms with Crippen LogP contribution in [-0.2, 0) is 32.0 Å². The van der Waals surface area contributed by atoms with E-state index in [-0.39, 0.29) is 12.3 Å². The van der Waals surface area contributed by atoms with Gasteiger partial charge in [-0.1, -0.05) is 42.5 Å². The Morgan fingerprint density at radius 1 is 0.844 bits per heavy atom. The maximum Gasteiger partial charge on any atom is 0.324 e. The van der Waals surface area contributed by atoms with E-state index in [2.05, 4.69) is 0 Å². The van der Waals surface area contributed by atoms with Crippen molar-refractivity contribution in [1.82, 2.24) is 4.90 Å². The summed E-state index contributed by atoms with van der Waals surface area (Å²) < 4.78 is 11.3. The van der Waals surface area contributed by atoms with Crippen molar-refractivity contribution in [2.45, 2.75) is 71.8 Å². The predicted molar refractivity (Wildman–Crippen MR) is 124 cm³/mol.